The lowest BCUT2D eigenvalue weighted by Gasteiger charge is -2.25. The third kappa shape index (κ3) is 1.02. The van der Waals surface area contributed by atoms with E-state index in [-0.39, 0.29) is 0 Å². The maximum Gasteiger partial charge on any atom is 0.151 e. The Bertz CT molecular complexity index is 363. The Hall–Kier alpha value is -1.42. The van der Waals surface area contributed by atoms with Gasteiger partial charge in [0.05, 0.1) is 11.4 Å². The molecule has 0 saturated heterocycles. The van der Waals surface area contributed by atoms with Gasteiger partial charge in [0.2, 0.25) is 0 Å². The van der Waals surface area contributed by atoms with Gasteiger partial charge in [0, 0.05) is 0 Å². The van der Waals surface area contributed by atoms with Gasteiger partial charge >= 0.3 is 0 Å². The standard InChI is InChI=1S/C9H11N3O/c1-9(2)11-8-6(10)4-3-5-7(8)12(9)13/h3-5,10,13H,1-2H3. The zero-order chi connectivity index (χ0) is 9.64. The third-order valence-electron chi connectivity index (χ3n) is 2.15. The number of nitrogens with zero attached hydrogens (tertiary/aromatic N) is 2. The fourth-order valence-corrected chi connectivity index (χ4v) is 1.44. The van der Waals surface area contributed by atoms with Crippen LogP contribution >= 0.6 is 0 Å². The van der Waals surface area contributed by atoms with E-state index in [4.69, 9.17) is 5.41 Å². The van der Waals surface area contributed by atoms with Crippen molar-refractivity contribution < 1.29 is 5.21 Å². The normalized spacial score (nSPS) is 24.2. The molecule has 1 aliphatic heterocycles. The molecule has 2 aliphatic rings. The second-order valence-corrected chi connectivity index (χ2v) is 3.59. The van der Waals surface area contributed by atoms with Crippen LogP contribution in [-0.2, 0) is 0 Å². The molecular formula is C9H11N3O. The van der Waals surface area contributed by atoms with Crippen molar-refractivity contribution in [3.8, 4) is 0 Å². The van der Waals surface area contributed by atoms with Gasteiger partial charge in [-0.2, -0.15) is 0 Å². The minimum Gasteiger partial charge on any atom is -0.299 e. The van der Waals surface area contributed by atoms with Crippen molar-refractivity contribution in [1.82, 2.24) is 5.06 Å². The third-order valence-corrected chi connectivity index (χ3v) is 2.15. The second-order valence-electron chi connectivity index (χ2n) is 3.59. The molecule has 4 nitrogen and oxygen atoms in total. The molecule has 0 fully saturated rings. The summed E-state index contributed by atoms with van der Waals surface area (Å²) < 4.78 is 0. The van der Waals surface area contributed by atoms with Gasteiger partial charge in [0.1, 0.15) is 5.71 Å². The van der Waals surface area contributed by atoms with Gasteiger partial charge < -0.3 is 0 Å². The van der Waals surface area contributed by atoms with E-state index in [0.29, 0.717) is 17.1 Å². The van der Waals surface area contributed by atoms with Crippen LogP contribution in [0.25, 0.3) is 0 Å². The van der Waals surface area contributed by atoms with Crippen molar-refractivity contribution in [2.75, 3.05) is 0 Å². The maximum atomic E-state index is 9.69. The summed E-state index contributed by atoms with van der Waals surface area (Å²) in [6, 6.07) is 0. The Morgan fingerprint density at radius 3 is 2.85 bits per heavy atom. The highest BCUT2D eigenvalue weighted by Gasteiger charge is 2.37. The van der Waals surface area contributed by atoms with Crippen LogP contribution < -0.4 is 0 Å². The van der Waals surface area contributed by atoms with Gasteiger partial charge in [0.15, 0.2) is 5.66 Å². The van der Waals surface area contributed by atoms with Crippen LogP contribution in [0.3, 0.4) is 0 Å². The van der Waals surface area contributed by atoms with Crippen molar-refractivity contribution >= 4 is 11.4 Å². The van der Waals surface area contributed by atoms with Gasteiger partial charge in [-0.15, -0.1) is 0 Å². The fourth-order valence-electron chi connectivity index (χ4n) is 1.44. The Balaban J connectivity index is 2.52. The number of aliphatic imine (C=N–C) groups is 1. The fraction of sp³-hybridized carbons (Fsp3) is 0.333. The first-order valence-electron chi connectivity index (χ1n) is 4.09. The van der Waals surface area contributed by atoms with E-state index >= 15 is 0 Å². The summed E-state index contributed by atoms with van der Waals surface area (Å²) >= 11 is 0. The lowest BCUT2D eigenvalue weighted by molar-refractivity contribution is -0.112. The van der Waals surface area contributed by atoms with Crippen molar-refractivity contribution in [3.63, 3.8) is 0 Å². The van der Waals surface area contributed by atoms with Crippen LogP contribution in [0, 0.1) is 5.41 Å². The molecule has 2 N–H and O–H groups in total. The van der Waals surface area contributed by atoms with Gasteiger partial charge in [0.25, 0.3) is 0 Å². The molecular weight excluding hydrogens is 166 g/mol. The summed E-state index contributed by atoms with van der Waals surface area (Å²) in [6.07, 6.45) is 5.16. The van der Waals surface area contributed by atoms with Gasteiger partial charge in [-0.3, -0.25) is 15.6 Å². The summed E-state index contributed by atoms with van der Waals surface area (Å²) in [5, 5.41) is 18.4. The minimum absolute atomic E-state index is 0.349. The molecule has 0 saturated carbocycles. The van der Waals surface area contributed by atoms with E-state index in [2.05, 4.69) is 4.99 Å². The molecule has 0 spiro atoms. The van der Waals surface area contributed by atoms with Crippen LogP contribution in [0.5, 0.6) is 0 Å². The first kappa shape index (κ1) is 8.19. The average molecular weight is 177 g/mol. The average Bonchev–Trinajstić information content (AvgIpc) is 2.28. The Kier molecular flexibility index (Phi) is 1.44. The van der Waals surface area contributed by atoms with E-state index in [1.165, 1.54) is 0 Å². The highest BCUT2D eigenvalue weighted by molar-refractivity contribution is 6.52. The molecule has 4 heteroatoms. The molecule has 1 aliphatic carbocycles. The molecule has 2 rings (SSSR count). The molecule has 68 valence electrons. The molecule has 0 aromatic rings. The lowest BCUT2D eigenvalue weighted by atomic mass is 10.1. The van der Waals surface area contributed by atoms with Crippen LogP contribution in [0.15, 0.2) is 28.9 Å². The number of rotatable bonds is 0. The predicted octanol–water partition coefficient (Wildman–Crippen LogP) is 1.34. The van der Waals surface area contributed by atoms with Crippen LogP contribution in [0.4, 0.5) is 0 Å². The molecule has 0 aromatic carbocycles. The number of fused-ring (bicyclic) bond motifs is 1. The zero-order valence-electron chi connectivity index (χ0n) is 7.57. The Morgan fingerprint density at radius 2 is 2.23 bits per heavy atom. The minimum atomic E-state index is -0.653. The summed E-state index contributed by atoms with van der Waals surface area (Å²) in [5.74, 6) is 0. The van der Waals surface area contributed by atoms with E-state index in [0.717, 1.165) is 5.06 Å². The zero-order valence-corrected chi connectivity index (χ0v) is 7.57. The summed E-state index contributed by atoms with van der Waals surface area (Å²) in [7, 11) is 0. The first-order chi connectivity index (χ1) is 6.02. The molecule has 1 heterocycles. The topological polar surface area (TPSA) is 59.7 Å². The first-order valence-corrected chi connectivity index (χ1v) is 4.09. The van der Waals surface area contributed by atoms with Crippen molar-refractivity contribution in [1.29, 1.82) is 5.41 Å². The molecule has 0 aromatic heterocycles. The highest BCUT2D eigenvalue weighted by atomic mass is 16.5. The number of hydrogen-bond donors (Lipinski definition) is 2. The van der Waals surface area contributed by atoms with E-state index in [1.54, 1.807) is 32.1 Å². The number of hydrogen-bond acceptors (Lipinski definition) is 4. The second kappa shape index (κ2) is 2.29. The van der Waals surface area contributed by atoms with Crippen molar-refractivity contribution in [2.45, 2.75) is 19.5 Å². The molecule has 0 atom stereocenters. The smallest absolute Gasteiger partial charge is 0.151 e. The SMILES string of the molecule is CC1(C)N=C2C(=N)C=CC=C2N1O. The van der Waals surface area contributed by atoms with Gasteiger partial charge in [-0.25, -0.2) is 5.06 Å². The predicted molar refractivity (Wildman–Crippen MR) is 50.1 cm³/mol. The van der Waals surface area contributed by atoms with Gasteiger partial charge in [-0.1, -0.05) is 6.08 Å². The Labute approximate surface area is 76.4 Å². The van der Waals surface area contributed by atoms with Crippen LogP contribution in [0.2, 0.25) is 0 Å². The van der Waals surface area contributed by atoms with E-state index in [9.17, 15) is 5.21 Å². The quantitative estimate of drug-likeness (QED) is 0.548. The van der Waals surface area contributed by atoms with Crippen LogP contribution in [-0.4, -0.2) is 27.4 Å². The van der Waals surface area contributed by atoms with Gasteiger partial charge in [-0.05, 0) is 26.0 Å². The molecule has 0 amide bonds. The monoisotopic (exact) mass is 177 g/mol. The van der Waals surface area contributed by atoms with Crippen molar-refractivity contribution in [3.05, 3.63) is 23.9 Å². The number of nitrogens with one attached hydrogen (secondary N) is 1. The van der Waals surface area contributed by atoms with E-state index in [1.807, 2.05) is 0 Å². The maximum absolute atomic E-state index is 9.69. The molecule has 0 unspecified atom stereocenters. The Morgan fingerprint density at radius 1 is 1.54 bits per heavy atom. The summed E-state index contributed by atoms with van der Waals surface area (Å²) in [6.45, 7) is 3.60. The summed E-state index contributed by atoms with van der Waals surface area (Å²) in [4.78, 5) is 4.25. The van der Waals surface area contributed by atoms with E-state index < -0.39 is 5.66 Å². The largest absolute Gasteiger partial charge is 0.299 e. The molecule has 0 bridgehead atoms. The number of hydroxylamine groups is 2. The summed E-state index contributed by atoms with van der Waals surface area (Å²) in [5.41, 5.74) is 0.870. The molecule has 0 radical (unpaired) electrons. The van der Waals surface area contributed by atoms with Crippen LogP contribution in [0.1, 0.15) is 13.8 Å². The molecule has 13 heavy (non-hydrogen) atoms. The lowest BCUT2D eigenvalue weighted by Crippen LogP contribution is -2.35. The van der Waals surface area contributed by atoms with Crippen molar-refractivity contribution in [2.24, 2.45) is 4.99 Å². The number of allylic oxidation sites excluding steroid dienone is 4. The highest BCUT2D eigenvalue weighted by Crippen LogP contribution is 2.29.